The van der Waals surface area contributed by atoms with Crippen LogP contribution in [0.4, 0.5) is 0 Å². The van der Waals surface area contributed by atoms with Crippen molar-refractivity contribution in [3.63, 3.8) is 0 Å². The van der Waals surface area contributed by atoms with Crippen molar-refractivity contribution in [2.24, 2.45) is 11.8 Å². The van der Waals surface area contributed by atoms with Crippen molar-refractivity contribution < 1.29 is 14.3 Å². The number of rotatable bonds is 9. The molecule has 4 rings (SSSR count). The van der Waals surface area contributed by atoms with E-state index in [2.05, 4.69) is 9.80 Å². The minimum absolute atomic E-state index is 0.0974. The molecule has 1 aromatic carbocycles. The lowest BCUT2D eigenvalue weighted by atomic mass is 9.83. The van der Waals surface area contributed by atoms with Gasteiger partial charge >= 0.3 is 0 Å². The van der Waals surface area contributed by atoms with E-state index in [0.717, 1.165) is 25.1 Å². The van der Waals surface area contributed by atoms with Gasteiger partial charge in [-0.15, -0.1) is 0 Å². The number of carbonyl (C=O) groups excluding carboxylic acids is 2. The maximum absolute atomic E-state index is 13.6. The number of piperidine rings is 2. The lowest BCUT2D eigenvalue weighted by Gasteiger charge is -2.46. The van der Waals surface area contributed by atoms with Crippen molar-refractivity contribution in [1.82, 2.24) is 14.7 Å². The summed E-state index contributed by atoms with van der Waals surface area (Å²) in [5.74, 6) is 0.589. The number of hydrogen-bond acceptors (Lipinski definition) is 4. The van der Waals surface area contributed by atoms with Crippen molar-refractivity contribution in [2.45, 2.75) is 57.5 Å². The molecule has 3 heterocycles. The molecule has 6 nitrogen and oxygen atoms in total. The van der Waals surface area contributed by atoms with Crippen LogP contribution in [0, 0.1) is 11.8 Å². The first-order valence-electron chi connectivity index (χ1n) is 12.5. The molecule has 0 spiro atoms. The Morgan fingerprint density at radius 3 is 2.75 bits per heavy atom. The number of amides is 2. The van der Waals surface area contributed by atoms with Gasteiger partial charge in [0.05, 0.1) is 5.92 Å². The predicted octanol–water partition coefficient (Wildman–Crippen LogP) is 3.16. The Balaban J connectivity index is 1.40. The van der Waals surface area contributed by atoms with E-state index in [-0.39, 0.29) is 17.7 Å². The number of methoxy groups -OCH3 is 1. The van der Waals surface area contributed by atoms with E-state index < -0.39 is 0 Å². The van der Waals surface area contributed by atoms with Gasteiger partial charge < -0.3 is 19.4 Å². The molecule has 0 aliphatic carbocycles. The Bertz CT molecular complexity index is 754. The highest BCUT2D eigenvalue weighted by Crippen LogP contribution is 2.32. The summed E-state index contributed by atoms with van der Waals surface area (Å²) in [6, 6.07) is 10.7. The Morgan fingerprint density at radius 1 is 1.12 bits per heavy atom. The summed E-state index contributed by atoms with van der Waals surface area (Å²) in [6.45, 7) is 5.76. The fourth-order valence-corrected chi connectivity index (χ4v) is 5.92. The third-order valence-corrected chi connectivity index (χ3v) is 7.55. The van der Waals surface area contributed by atoms with Crippen LogP contribution < -0.4 is 0 Å². The fraction of sp³-hybridized carbons (Fsp3) is 0.692. The van der Waals surface area contributed by atoms with E-state index in [0.29, 0.717) is 38.1 Å². The largest absolute Gasteiger partial charge is 0.385 e. The van der Waals surface area contributed by atoms with Crippen LogP contribution >= 0.6 is 0 Å². The maximum atomic E-state index is 13.6. The van der Waals surface area contributed by atoms with E-state index >= 15 is 0 Å². The molecule has 3 aliphatic heterocycles. The highest BCUT2D eigenvalue weighted by Gasteiger charge is 2.39. The summed E-state index contributed by atoms with van der Waals surface area (Å²) in [4.78, 5) is 32.9. The maximum Gasteiger partial charge on any atom is 0.228 e. The van der Waals surface area contributed by atoms with Crippen LogP contribution in [0.1, 0.15) is 50.5 Å². The second-order valence-corrected chi connectivity index (χ2v) is 9.79. The molecule has 176 valence electrons. The van der Waals surface area contributed by atoms with Gasteiger partial charge in [0.15, 0.2) is 0 Å². The second-order valence-electron chi connectivity index (χ2n) is 9.79. The van der Waals surface area contributed by atoms with Crippen LogP contribution in [0.15, 0.2) is 30.3 Å². The standard InChI is InChI=1S/C26H39N3O3/c1-32-16-8-15-28(19-22-11-7-14-27-13-6-5-12-24(22)27)26(31)23-17-25(30)29(20-23)18-21-9-3-2-4-10-21/h2-4,9-10,22-24H,5-8,11-20H2,1H3. The average molecular weight is 442 g/mol. The Hall–Kier alpha value is -1.92. The molecular formula is C26H39N3O3. The van der Waals surface area contributed by atoms with Gasteiger partial charge in [0.25, 0.3) is 0 Å². The SMILES string of the molecule is COCCCN(CC1CCCN2CCCCC12)C(=O)C1CC(=O)N(Cc2ccccc2)C1. The normalized spacial score (nSPS) is 26.2. The Morgan fingerprint density at radius 2 is 1.94 bits per heavy atom. The summed E-state index contributed by atoms with van der Waals surface area (Å²) < 4.78 is 5.27. The molecule has 0 aromatic heterocycles. The number of likely N-dealkylation sites (tertiary alicyclic amines) is 1. The summed E-state index contributed by atoms with van der Waals surface area (Å²) in [5, 5.41) is 0. The van der Waals surface area contributed by atoms with Crippen LogP contribution in [0.25, 0.3) is 0 Å². The third-order valence-electron chi connectivity index (χ3n) is 7.55. The van der Waals surface area contributed by atoms with Gasteiger partial charge in [-0.05, 0) is 56.7 Å². The number of nitrogens with zero attached hydrogens (tertiary/aromatic N) is 3. The number of hydrogen-bond donors (Lipinski definition) is 0. The van der Waals surface area contributed by atoms with Gasteiger partial charge in [-0.2, -0.15) is 0 Å². The van der Waals surface area contributed by atoms with Gasteiger partial charge in [-0.3, -0.25) is 9.59 Å². The second kappa shape index (κ2) is 11.3. The summed E-state index contributed by atoms with van der Waals surface area (Å²) in [7, 11) is 1.71. The molecule has 0 N–H and O–H groups in total. The smallest absolute Gasteiger partial charge is 0.228 e. The molecule has 3 atom stereocenters. The van der Waals surface area contributed by atoms with E-state index in [1.165, 1.54) is 45.2 Å². The molecule has 2 amide bonds. The zero-order chi connectivity index (χ0) is 22.3. The topological polar surface area (TPSA) is 53.1 Å². The van der Waals surface area contributed by atoms with Gasteiger partial charge in [0, 0.05) is 52.4 Å². The summed E-state index contributed by atoms with van der Waals surface area (Å²) >= 11 is 0. The number of carbonyl (C=O) groups is 2. The molecule has 0 saturated carbocycles. The van der Waals surface area contributed by atoms with Crippen LogP contribution in [-0.4, -0.2) is 79.0 Å². The number of ether oxygens (including phenoxy) is 1. The van der Waals surface area contributed by atoms with E-state index in [1.54, 1.807) is 7.11 Å². The molecule has 1 aromatic rings. The predicted molar refractivity (Wildman–Crippen MR) is 125 cm³/mol. The van der Waals surface area contributed by atoms with Crippen molar-refractivity contribution in [3.05, 3.63) is 35.9 Å². The number of benzene rings is 1. The van der Waals surface area contributed by atoms with Gasteiger partial charge in [-0.25, -0.2) is 0 Å². The van der Waals surface area contributed by atoms with E-state index in [1.807, 2.05) is 35.2 Å². The fourth-order valence-electron chi connectivity index (χ4n) is 5.92. The first kappa shape index (κ1) is 23.2. The first-order valence-corrected chi connectivity index (χ1v) is 12.5. The van der Waals surface area contributed by atoms with Gasteiger partial charge in [0.1, 0.15) is 0 Å². The molecule has 3 unspecified atom stereocenters. The molecule has 0 bridgehead atoms. The lowest BCUT2D eigenvalue weighted by molar-refractivity contribution is -0.137. The molecule has 3 fully saturated rings. The van der Waals surface area contributed by atoms with Crippen LogP contribution in [0.3, 0.4) is 0 Å². The third kappa shape index (κ3) is 5.70. The summed E-state index contributed by atoms with van der Waals surface area (Å²) in [6.07, 6.45) is 7.50. The molecule has 0 radical (unpaired) electrons. The van der Waals surface area contributed by atoms with Crippen molar-refractivity contribution >= 4 is 11.8 Å². The lowest BCUT2D eigenvalue weighted by Crippen LogP contribution is -2.52. The zero-order valence-corrected chi connectivity index (χ0v) is 19.6. The number of fused-ring (bicyclic) bond motifs is 1. The van der Waals surface area contributed by atoms with Gasteiger partial charge in [-0.1, -0.05) is 36.8 Å². The van der Waals surface area contributed by atoms with Crippen molar-refractivity contribution in [2.75, 3.05) is 46.4 Å². The molecular weight excluding hydrogens is 402 g/mol. The Labute approximate surface area is 192 Å². The molecule has 3 saturated heterocycles. The van der Waals surface area contributed by atoms with Crippen molar-refractivity contribution in [1.29, 1.82) is 0 Å². The molecule has 3 aliphatic rings. The zero-order valence-electron chi connectivity index (χ0n) is 19.6. The van der Waals surface area contributed by atoms with Crippen LogP contribution in [0.5, 0.6) is 0 Å². The molecule has 32 heavy (non-hydrogen) atoms. The summed E-state index contributed by atoms with van der Waals surface area (Å²) in [5.41, 5.74) is 1.12. The van der Waals surface area contributed by atoms with E-state index in [9.17, 15) is 9.59 Å². The first-order chi connectivity index (χ1) is 15.7. The molecule has 6 heteroatoms. The Kier molecular flexibility index (Phi) is 8.20. The highest BCUT2D eigenvalue weighted by atomic mass is 16.5. The van der Waals surface area contributed by atoms with Crippen molar-refractivity contribution in [3.8, 4) is 0 Å². The van der Waals surface area contributed by atoms with Gasteiger partial charge in [0.2, 0.25) is 11.8 Å². The van der Waals surface area contributed by atoms with Crippen LogP contribution in [0.2, 0.25) is 0 Å². The quantitative estimate of drug-likeness (QED) is 0.553. The van der Waals surface area contributed by atoms with Crippen LogP contribution in [-0.2, 0) is 20.9 Å². The average Bonchev–Trinajstić information content (AvgIpc) is 3.19. The van der Waals surface area contributed by atoms with E-state index in [4.69, 9.17) is 4.74 Å². The highest BCUT2D eigenvalue weighted by molar-refractivity contribution is 5.89. The monoisotopic (exact) mass is 441 g/mol. The minimum atomic E-state index is -0.222. The minimum Gasteiger partial charge on any atom is -0.385 e.